The van der Waals surface area contributed by atoms with Crippen molar-refractivity contribution in [2.75, 3.05) is 5.32 Å². The lowest BCUT2D eigenvalue weighted by atomic mass is 10.1. The van der Waals surface area contributed by atoms with Crippen molar-refractivity contribution in [2.45, 2.75) is 11.8 Å². The minimum Gasteiger partial charge on any atom is -0.336 e. The molecular formula is C20H13N7O2S2. The maximum atomic E-state index is 13.2. The number of aromatic nitrogens is 3. The Morgan fingerprint density at radius 1 is 1.10 bits per heavy atom. The SMILES string of the molecule is Cc1nsc(/N=N/c2c(-c3ccccc3)nn3c2Nc2ccccc2S3(=O)=O)c1C#N. The maximum Gasteiger partial charge on any atom is 0.287 e. The fraction of sp³-hybridized carbons (Fsp3) is 0.0500. The second-order valence-electron chi connectivity index (χ2n) is 6.64. The Morgan fingerprint density at radius 3 is 2.61 bits per heavy atom. The largest absolute Gasteiger partial charge is 0.336 e. The van der Waals surface area contributed by atoms with E-state index in [9.17, 15) is 13.7 Å². The molecule has 9 nitrogen and oxygen atoms in total. The number of hydrogen-bond acceptors (Lipinski definition) is 9. The van der Waals surface area contributed by atoms with Crippen molar-refractivity contribution < 1.29 is 8.42 Å². The summed E-state index contributed by atoms with van der Waals surface area (Å²) >= 11 is 1.05. The van der Waals surface area contributed by atoms with Crippen LogP contribution in [0.4, 0.5) is 22.2 Å². The van der Waals surface area contributed by atoms with Crippen molar-refractivity contribution in [3.63, 3.8) is 0 Å². The number of nitrogens with one attached hydrogen (secondary N) is 1. The van der Waals surface area contributed by atoms with Crippen molar-refractivity contribution in [2.24, 2.45) is 10.2 Å². The van der Waals surface area contributed by atoms with E-state index in [1.165, 1.54) is 6.07 Å². The monoisotopic (exact) mass is 447 g/mol. The van der Waals surface area contributed by atoms with Crippen molar-refractivity contribution in [3.05, 3.63) is 65.9 Å². The van der Waals surface area contributed by atoms with Gasteiger partial charge in [-0.05, 0) is 30.6 Å². The van der Waals surface area contributed by atoms with Crippen molar-refractivity contribution in [1.82, 2.24) is 13.6 Å². The fourth-order valence-electron chi connectivity index (χ4n) is 3.22. The number of rotatable bonds is 3. The summed E-state index contributed by atoms with van der Waals surface area (Å²) in [5, 5.41) is 25.7. The highest BCUT2D eigenvalue weighted by Crippen LogP contribution is 2.44. The van der Waals surface area contributed by atoms with E-state index in [0.717, 1.165) is 15.6 Å². The predicted molar refractivity (Wildman–Crippen MR) is 116 cm³/mol. The molecule has 11 heteroatoms. The molecule has 2 aromatic heterocycles. The van der Waals surface area contributed by atoms with Gasteiger partial charge in [0.1, 0.15) is 22.2 Å². The molecule has 31 heavy (non-hydrogen) atoms. The highest BCUT2D eigenvalue weighted by atomic mass is 32.2. The summed E-state index contributed by atoms with van der Waals surface area (Å²) < 4.78 is 31.5. The number of para-hydroxylation sites is 1. The first-order chi connectivity index (χ1) is 15.0. The zero-order valence-electron chi connectivity index (χ0n) is 16.0. The number of aryl methyl sites for hydroxylation is 1. The van der Waals surface area contributed by atoms with Gasteiger partial charge in [0.25, 0.3) is 10.0 Å². The van der Waals surface area contributed by atoms with Gasteiger partial charge >= 0.3 is 0 Å². The molecule has 152 valence electrons. The van der Waals surface area contributed by atoms with E-state index in [-0.39, 0.29) is 16.4 Å². The van der Waals surface area contributed by atoms with Gasteiger partial charge in [-0.3, -0.25) is 0 Å². The molecule has 0 saturated heterocycles. The van der Waals surface area contributed by atoms with Gasteiger partial charge in [-0.1, -0.05) is 42.5 Å². The third-order valence-corrected chi connectivity index (χ3v) is 7.18. The van der Waals surface area contributed by atoms with Crippen molar-refractivity contribution in [1.29, 1.82) is 5.26 Å². The van der Waals surface area contributed by atoms with E-state index in [1.807, 2.05) is 30.3 Å². The van der Waals surface area contributed by atoms with Crippen molar-refractivity contribution >= 4 is 43.7 Å². The van der Waals surface area contributed by atoms with Crippen LogP contribution in [0.15, 0.2) is 69.7 Å². The van der Waals surface area contributed by atoms with Gasteiger partial charge in [0.15, 0.2) is 16.5 Å². The lowest BCUT2D eigenvalue weighted by molar-refractivity contribution is 0.580. The summed E-state index contributed by atoms with van der Waals surface area (Å²) in [4.78, 5) is 0.123. The number of hydrogen-bond donors (Lipinski definition) is 1. The minimum absolute atomic E-state index is 0.123. The molecular weight excluding hydrogens is 434 g/mol. The molecule has 2 aromatic carbocycles. The summed E-state index contributed by atoms with van der Waals surface area (Å²) in [7, 11) is -3.92. The predicted octanol–water partition coefficient (Wildman–Crippen LogP) is 4.90. The molecule has 0 bridgehead atoms. The molecule has 0 aliphatic carbocycles. The van der Waals surface area contributed by atoms with E-state index in [2.05, 4.69) is 31.1 Å². The first-order valence-corrected chi connectivity index (χ1v) is 11.3. The fourth-order valence-corrected chi connectivity index (χ4v) is 5.29. The van der Waals surface area contributed by atoms with E-state index in [0.29, 0.717) is 33.2 Å². The average molecular weight is 448 g/mol. The van der Waals surface area contributed by atoms with Gasteiger partial charge in [-0.15, -0.1) is 14.3 Å². The molecule has 0 fully saturated rings. The maximum absolute atomic E-state index is 13.2. The topological polar surface area (TPSA) is 125 Å². The average Bonchev–Trinajstić information content (AvgIpc) is 3.33. The molecule has 1 aliphatic heterocycles. The molecule has 4 aromatic rings. The second kappa shape index (κ2) is 7.12. The van der Waals surface area contributed by atoms with E-state index >= 15 is 0 Å². The summed E-state index contributed by atoms with van der Waals surface area (Å²) in [5.41, 5.74) is 2.61. The normalized spacial score (nSPS) is 13.9. The lowest BCUT2D eigenvalue weighted by Gasteiger charge is -2.19. The molecule has 0 atom stereocenters. The van der Waals surface area contributed by atoms with Gasteiger partial charge < -0.3 is 5.32 Å². The Bertz CT molecular complexity index is 1500. The second-order valence-corrected chi connectivity index (χ2v) is 9.13. The van der Waals surface area contributed by atoms with Crippen LogP contribution in [0.1, 0.15) is 11.3 Å². The van der Waals surface area contributed by atoms with Gasteiger partial charge in [0, 0.05) is 5.56 Å². The zero-order chi connectivity index (χ0) is 21.6. The number of benzene rings is 2. The zero-order valence-corrected chi connectivity index (χ0v) is 17.6. The van der Waals surface area contributed by atoms with E-state index in [1.54, 1.807) is 25.1 Å². The van der Waals surface area contributed by atoms with Crippen LogP contribution >= 0.6 is 11.5 Å². The molecule has 0 saturated carbocycles. The number of fused-ring (bicyclic) bond motifs is 2. The molecule has 0 spiro atoms. The summed E-state index contributed by atoms with van der Waals surface area (Å²) in [6.45, 7) is 1.72. The Hall–Kier alpha value is -3.88. The van der Waals surface area contributed by atoms with Crippen LogP contribution in [0, 0.1) is 18.3 Å². The quantitative estimate of drug-likeness (QED) is 0.392. The van der Waals surface area contributed by atoms with Crippen LogP contribution in [0.25, 0.3) is 11.3 Å². The molecule has 5 rings (SSSR count). The van der Waals surface area contributed by atoms with Crippen molar-refractivity contribution in [3.8, 4) is 17.3 Å². The van der Waals surface area contributed by atoms with Gasteiger partial charge in [-0.25, -0.2) is 0 Å². The van der Waals surface area contributed by atoms with Gasteiger partial charge in [0.2, 0.25) is 0 Å². The molecule has 1 aliphatic rings. The smallest absolute Gasteiger partial charge is 0.287 e. The highest BCUT2D eigenvalue weighted by Gasteiger charge is 2.34. The standard InChI is InChI=1S/C20H13N7O2S2/c1-12-14(11-21)20(30-26-12)24-23-18-17(13-7-3-2-4-8-13)25-27-19(18)22-15-9-5-6-10-16(15)31(27,28)29/h2-10,22H,1H3/b24-23+. The first kappa shape index (κ1) is 19.1. The third-order valence-electron chi connectivity index (χ3n) is 4.72. The van der Waals surface area contributed by atoms with Crippen LogP contribution in [0.2, 0.25) is 0 Å². The minimum atomic E-state index is -3.92. The van der Waals surface area contributed by atoms with Gasteiger partial charge in [-0.2, -0.15) is 23.2 Å². The van der Waals surface area contributed by atoms with Crippen LogP contribution in [-0.2, 0) is 10.0 Å². The number of anilines is 2. The first-order valence-electron chi connectivity index (χ1n) is 9.09. The number of azo groups is 1. The number of nitriles is 1. The van der Waals surface area contributed by atoms with E-state index < -0.39 is 10.0 Å². The molecule has 3 heterocycles. The number of nitrogens with zero attached hydrogens (tertiary/aromatic N) is 6. The van der Waals surface area contributed by atoms with Crippen LogP contribution < -0.4 is 5.32 Å². The molecule has 0 amide bonds. The van der Waals surface area contributed by atoms with E-state index in [4.69, 9.17) is 0 Å². The summed E-state index contributed by atoms with van der Waals surface area (Å²) in [6.07, 6.45) is 0. The molecule has 0 radical (unpaired) electrons. The Balaban J connectivity index is 1.74. The molecule has 1 N–H and O–H groups in total. The van der Waals surface area contributed by atoms with Crippen LogP contribution in [0.5, 0.6) is 0 Å². The van der Waals surface area contributed by atoms with Crippen LogP contribution in [-0.4, -0.2) is 22.0 Å². The lowest BCUT2D eigenvalue weighted by Crippen LogP contribution is -2.22. The summed E-state index contributed by atoms with van der Waals surface area (Å²) in [6, 6.07) is 17.8. The Kier molecular flexibility index (Phi) is 4.39. The van der Waals surface area contributed by atoms with Gasteiger partial charge in [0.05, 0.1) is 11.4 Å². The summed E-state index contributed by atoms with van der Waals surface area (Å²) in [5.74, 6) is 0.182. The Morgan fingerprint density at radius 2 is 1.84 bits per heavy atom. The third kappa shape index (κ3) is 3.00. The van der Waals surface area contributed by atoms with Crippen LogP contribution in [0.3, 0.4) is 0 Å². The Labute approximate surface area is 181 Å². The molecule has 0 unspecified atom stereocenters. The highest BCUT2D eigenvalue weighted by molar-refractivity contribution is 7.90.